The summed E-state index contributed by atoms with van der Waals surface area (Å²) in [5.74, 6) is 1.79. The van der Waals surface area contributed by atoms with E-state index in [-0.39, 0.29) is 6.04 Å². The second-order valence-electron chi connectivity index (χ2n) is 4.97. The molecule has 0 aromatic rings. The monoisotopic (exact) mass is 309 g/mol. The van der Waals surface area contributed by atoms with Crippen LogP contribution in [0.15, 0.2) is 0 Å². The number of hydrogen-bond acceptors (Lipinski definition) is 4. The fraction of sp³-hybridized carbons (Fsp3) is 1.00. The molecule has 1 atom stereocenters. The number of nitrogens with zero attached hydrogens (tertiary/aromatic N) is 2. The predicted molar refractivity (Wildman–Crippen MR) is 82.8 cm³/mol. The summed E-state index contributed by atoms with van der Waals surface area (Å²) in [6.45, 7) is 7.19. The van der Waals surface area contributed by atoms with Crippen molar-refractivity contribution in [3.05, 3.63) is 0 Å². The SMILES string of the molecule is CCCNCCCN(C)S(=O)(=O)N1CCSCC1C. The lowest BCUT2D eigenvalue weighted by molar-refractivity contribution is 0.326. The molecule has 5 nitrogen and oxygen atoms in total. The van der Waals surface area contributed by atoms with Gasteiger partial charge in [0, 0.05) is 37.7 Å². The van der Waals surface area contributed by atoms with Crippen LogP contribution in [0.3, 0.4) is 0 Å². The highest BCUT2D eigenvalue weighted by molar-refractivity contribution is 7.99. The fourth-order valence-electron chi connectivity index (χ4n) is 2.08. The molecule has 0 amide bonds. The molecule has 7 heteroatoms. The maximum Gasteiger partial charge on any atom is 0.282 e. The van der Waals surface area contributed by atoms with Gasteiger partial charge in [0.25, 0.3) is 10.2 Å². The quantitative estimate of drug-likeness (QED) is 0.680. The molecule has 0 spiro atoms. The van der Waals surface area contributed by atoms with Gasteiger partial charge in [0.05, 0.1) is 0 Å². The standard InChI is InChI=1S/C12H27N3O2S2/c1-4-6-13-7-5-8-14(3)19(16,17)15-9-10-18-11-12(15)2/h12-13H,4-11H2,1-3H3. The van der Waals surface area contributed by atoms with Crippen molar-refractivity contribution in [2.24, 2.45) is 0 Å². The van der Waals surface area contributed by atoms with Gasteiger partial charge in [-0.25, -0.2) is 0 Å². The Kier molecular flexibility index (Phi) is 7.68. The van der Waals surface area contributed by atoms with Gasteiger partial charge in [0.1, 0.15) is 0 Å². The average molecular weight is 310 g/mol. The van der Waals surface area contributed by atoms with E-state index in [4.69, 9.17) is 0 Å². The third-order valence-electron chi connectivity index (χ3n) is 3.25. The average Bonchev–Trinajstić information content (AvgIpc) is 2.38. The van der Waals surface area contributed by atoms with Crippen molar-refractivity contribution in [2.75, 3.05) is 44.7 Å². The first-order valence-corrected chi connectivity index (χ1v) is 9.57. The van der Waals surface area contributed by atoms with Gasteiger partial charge in [0.2, 0.25) is 0 Å². The molecule has 0 aliphatic carbocycles. The predicted octanol–water partition coefficient (Wildman–Crippen LogP) is 0.990. The normalized spacial score (nSPS) is 22.0. The van der Waals surface area contributed by atoms with Crippen LogP contribution in [-0.2, 0) is 10.2 Å². The Labute approximate surface area is 122 Å². The first kappa shape index (κ1) is 17.2. The summed E-state index contributed by atoms with van der Waals surface area (Å²) in [5.41, 5.74) is 0. The van der Waals surface area contributed by atoms with Gasteiger partial charge in [0.15, 0.2) is 0 Å². The lowest BCUT2D eigenvalue weighted by atomic mass is 10.4. The zero-order valence-electron chi connectivity index (χ0n) is 12.3. The van der Waals surface area contributed by atoms with Crippen LogP contribution in [0.4, 0.5) is 0 Å². The van der Waals surface area contributed by atoms with Crippen molar-refractivity contribution < 1.29 is 8.42 Å². The molecule has 1 saturated heterocycles. The molecule has 114 valence electrons. The molecule has 19 heavy (non-hydrogen) atoms. The van der Waals surface area contributed by atoms with Crippen molar-refractivity contribution in [2.45, 2.75) is 32.7 Å². The van der Waals surface area contributed by atoms with E-state index in [1.165, 1.54) is 4.31 Å². The zero-order chi connectivity index (χ0) is 14.3. The van der Waals surface area contributed by atoms with E-state index >= 15 is 0 Å². The summed E-state index contributed by atoms with van der Waals surface area (Å²) >= 11 is 1.83. The van der Waals surface area contributed by atoms with E-state index in [9.17, 15) is 8.42 Å². The summed E-state index contributed by atoms with van der Waals surface area (Å²) < 4.78 is 28.0. The molecule has 0 saturated carbocycles. The first-order valence-electron chi connectivity index (χ1n) is 7.01. The van der Waals surface area contributed by atoms with Crippen molar-refractivity contribution in [1.29, 1.82) is 0 Å². The van der Waals surface area contributed by atoms with Crippen molar-refractivity contribution in [3.63, 3.8) is 0 Å². The smallest absolute Gasteiger partial charge is 0.282 e. The van der Waals surface area contributed by atoms with Crippen LogP contribution in [0.25, 0.3) is 0 Å². The van der Waals surface area contributed by atoms with E-state index in [1.807, 2.05) is 18.7 Å². The van der Waals surface area contributed by atoms with Crippen molar-refractivity contribution in [3.8, 4) is 0 Å². The Morgan fingerprint density at radius 3 is 2.79 bits per heavy atom. The Balaban J connectivity index is 2.42. The van der Waals surface area contributed by atoms with Crippen LogP contribution in [0, 0.1) is 0 Å². The second-order valence-corrected chi connectivity index (χ2v) is 8.11. The van der Waals surface area contributed by atoms with Gasteiger partial charge in [-0.2, -0.15) is 28.8 Å². The molecular weight excluding hydrogens is 282 g/mol. The van der Waals surface area contributed by atoms with Gasteiger partial charge in [-0.15, -0.1) is 0 Å². The Morgan fingerprint density at radius 2 is 2.16 bits per heavy atom. The van der Waals surface area contributed by atoms with Crippen LogP contribution in [0.5, 0.6) is 0 Å². The molecule has 1 unspecified atom stereocenters. The third kappa shape index (κ3) is 5.23. The molecule has 1 heterocycles. The van der Waals surface area contributed by atoms with E-state index in [1.54, 1.807) is 11.4 Å². The summed E-state index contributed by atoms with van der Waals surface area (Å²) in [4.78, 5) is 0. The third-order valence-corrected chi connectivity index (χ3v) is 6.55. The molecule has 1 aliphatic rings. The van der Waals surface area contributed by atoms with Gasteiger partial charge < -0.3 is 5.32 Å². The molecule has 0 aromatic carbocycles. The summed E-state index contributed by atoms with van der Waals surface area (Å²) in [5, 5.41) is 3.29. The highest BCUT2D eigenvalue weighted by atomic mass is 32.2. The lowest BCUT2D eigenvalue weighted by Gasteiger charge is -2.34. The van der Waals surface area contributed by atoms with Gasteiger partial charge in [-0.05, 0) is 32.9 Å². The molecular formula is C12H27N3O2S2. The number of thioether (sulfide) groups is 1. The topological polar surface area (TPSA) is 52.7 Å². The molecule has 0 aromatic heterocycles. The maximum absolute atomic E-state index is 12.4. The molecule has 0 bridgehead atoms. The number of hydrogen-bond donors (Lipinski definition) is 1. The van der Waals surface area contributed by atoms with Crippen molar-refractivity contribution >= 4 is 22.0 Å². The van der Waals surface area contributed by atoms with Crippen LogP contribution >= 0.6 is 11.8 Å². The molecule has 1 fully saturated rings. The number of nitrogens with one attached hydrogen (secondary N) is 1. The van der Waals surface area contributed by atoms with Gasteiger partial charge in [-0.1, -0.05) is 6.92 Å². The Bertz CT molecular complexity index is 349. The van der Waals surface area contributed by atoms with E-state index in [2.05, 4.69) is 12.2 Å². The van der Waals surface area contributed by atoms with Gasteiger partial charge >= 0.3 is 0 Å². The summed E-state index contributed by atoms with van der Waals surface area (Å²) in [7, 11) is -1.59. The van der Waals surface area contributed by atoms with Crippen LogP contribution in [-0.4, -0.2) is 67.8 Å². The summed E-state index contributed by atoms with van der Waals surface area (Å²) in [6, 6.07) is 0.101. The largest absolute Gasteiger partial charge is 0.317 e. The minimum Gasteiger partial charge on any atom is -0.317 e. The zero-order valence-corrected chi connectivity index (χ0v) is 13.9. The summed E-state index contributed by atoms with van der Waals surface area (Å²) in [6.07, 6.45) is 1.96. The first-order chi connectivity index (χ1) is 9.00. The van der Waals surface area contributed by atoms with Gasteiger partial charge in [-0.3, -0.25) is 0 Å². The van der Waals surface area contributed by atoms with E-state index < -0.39 is 10.2 Å². The maximum atomic E-state index is 12.4. The molecule has 1 N–H and O–H groups in total. The van der Waals surface area contributed by atoms with Crippen LogP contribution < -0.4 is 5.32 Å². The van der Waals surface area contributed by atoms with Crippen molar-refractivity contribution in [1.82, 2.24) is 13.9 Å². The molecule has 1 aliphatic heterocycles. The fourth-order valence-corrected chi connectivity index (χ4v) is 4.87. The highest BCUT2D eigenvalue weighted by Gasteiger charge is 2.32. The minimum absolute atomic E-state index is 0.101. The molecule has 0 radical (unpaired) electrons. The minimum atomic E-state index is -3.28. The molecule has 1 rings (SSSR count). The van der Waals surface area contributed by atoms with Crippen LogP contribution in [0.1, 0.15) is 26.7 Å². The number of rotatable bonds is 8. The van der Waals surface area contributed by atoms with E-state index in [0.717, 1.165) is 37.4 Å². The lowest BCUT2D eigenvalue weighted by Crippen LogP contribution is -2.50. The second kappa shape index (κ2) is 8.46. The van der Waals surface area contributed by atoms with E-state index in [0.29, 0.717) is 13.1 Å². The Morgan fingerprint density at radius 1 is 1.42 bits per heavy atom. The highest BCUT2D eigenvalue weighted by Crippen LogP contribution is 2.20. The Hall–Kier alpha value is 0.180. The van der Waals surface area contributed by atoms with Crippen LogP contribution in [0.2, 0.25) is 0 Å².